The number of nitrogens with one attached hydrogen (secondary N) is 3. The summed E-state index contributed by atoms with van der Waals surface area (Å²) in [5, 5.41) is 16.0. The predicted molar refractivity (Wildman–Crippen MR) is 113 cm³/mol. The van der Waals surface area contributed by atoms with E-state index in [1.54, 1.807) is 33.8 Å². The Morgan fingerprint density at radius 1 is 1.23 bits per heavy atom. The Kier molecular flexibility index (Phi) is 7.33. The molecule has 0 fully saturated rings. The quantitative estimate of drug-likeness (QED) is 0.454. The summed E-state index contributed by atoms with van der Waals surface area (Å²) < 4.78 is 0. The highest BCUT2D eigenvalue weighted by Crippen LogP contribution is 2.22. The molecule has 0 spiro atoms. The Balaban J connectivity index is 2.14. The van der Waals surface area contributed by atoms with Crippen molar-refractivity contribution in [1.82, 2.24) is 15.6 Å². The van der Waals surface area contributed by atoms with Crippen molar-refractivity contribution in [2.45, 2.75) is 40.3 Å². The second-order valence-electron chi connectivity index (χ2n) is 7.28. The highest BCUT2D eigenvalue weighted by molar-refractivity contribution is 6.34. The van der Waals surface area contributed by atoms with Crippen LogP contribution in [-0.2, 0) is 11.3 Å². The number of pyridine rings is 1. The van der Waals surface area contributed by atoms with Gasteiger partial charge in [-0.25, -0.2) is 0 Å². The van der Waals surface area contributed by atoms with Crippen molar-refractivity contribution in [1.29, 1.82) is 0 Å². The Labute approximate surface area is 178 Å². The number of carbonyl (C=O) groups is 2. The van der Waals surface area contributed by atoms with Gasteiger partial charge in [0.25, 0.3) is 17.2 Å². The number of hydrogen-bond acceptors (Lipinski definition) is 5. The number of nitro groups is 1. The molecule has 30 heavy (non-hydrogen) atoms. The van der Waals surface area contributed by atoms with E-state index in [-0.39, 0.29) is 34.3 Å². The molecule has 1 aromatic heterocycles. The largest absolute Gasteiger partial charge is 0.350 e. The van der Waals surface area contributed by atoms with Crippen molar-refractivity contribution in [3.63, 3.8) is 0 Å². The lowest BCUT2D eigenvalue weighted by molar-refractivity contribution is -0.384. The zero-order valence-electron chi connectivity index (χ0n) is 17.0. The predicted octanol–water partition coefficient (Wildman–Crippen LogP) is 2.62. The minimum absolute atomic E-state index is 0.0116. The third-order valence-corrected chi connectivity index (χ3v) is 4.89. The molecule has 160 valence electrons. The monoisotopic (exact) mass is 434 g/mol. The zero-order chi connectivity index (χ0) is 22.6. The molecule has 0 aliphatic carbocycles. The van der Waals surface area contributed by atoms with Gasteiger partial charge in [0.1, 0.15) is 6.04 Å². The number of nitro benzene ring substituents is 1. The minimum Gasteiger partial charge on any atom is -0.350 e. The van der Waals surface area contributed by atoms with Gasteiger partial charge in [0.15, 0.2) is 0 Å². The van der Waals surface area contributed by atoms with Crippen molar-refractivity contribution in [2.75, 3.05) is 0 Å². The number of amides is 2. The second kappa shape index (κ2) is 9.53. The minimum atomic E-state index is -0.895. The van der Waals surface area contributed by atoms with Crippen LogP contribution in [0.25, 0.3) is 0 Å². The van der Waals surface area contributed by atoms with Crippen LogP contribution in [-0.4, -0.2) is 27.8 Å². The number of aryl methyl sites for hydroxylation is 2. The van der Waals surface area contributed by atoms with Crippen molar-refractivity contribution >= 4 is 29.1 Å². The van der Waals surface area contributed by atoms with E-state index in [1.807, 2.05) is 0 Å². The van der Waals surface area contributed by atoms with Crippen LogP contribution < -0.4 is 16.2 Å². The molecule has 2 rings (SSSR count). The summed E-state index contributed by atoms with van der Waals surface area (Å²) in [5.41, 5.74) is 1.40. The van der Waals surface area contributed by atoms with Gasteiger partial charge in [-0.05, 0) is 37.5 Å². The van der Waals surface area contributed by atoms with Crippen LogP contribution in [0.15, 0.2) is 29.1 Å². The maximum Gasteiger partial charge on any atom is 0.270 e. The number of non-ortho nitro benzene ring substituents is 1. The highest BCUT2D eigenvalue weighted by atomic mass is 35.5. The summed E-state index contributed by atoms with van der Waals surface area (Å²) in [5.74, 6) is -1.35. The Bertz CT molecular complexity index is 1050. The fourth-order valence-electron chi connectivity index (χ4n) is 2.94. The van der Waals surface area contributed by atoms with Gasteiger partial charge < -0.3 is 15.6 Å². The van der Waals surface area contributed by atoms with E-state index in [2.05, 4.69) is 15.6 Å². The number of aromatic nitrogens is 1. The third kappa shape index (κ3) is 5.44. The van der Waals surface area contributed by atoms with Crippen LogP contribution >= 0.6 is 11.6 Å². The summed E-state index contributed by atoms with van der Waals surface area (Å²) in [6.07, 6.45) is 0. The van der Waals surface area contributed by atoms with Gasteiger partial charge in [0.2, 0.25) is 5.91 Å². The molecule has 1 aromatic carbocycles. The fourth-order valence-corrected chi connectivity index (χ4v) is 3.20. The molecule has 0 aliphatic heterocycles. The van der Waals surface area contributed by atoms with Crippen LogP contribution in [0, 0.1) is 29.9 Å². The number of benzene rings is 1. The number of hydrogen-bond donors (Lipinski definition) is 3. The van der Waals surface area contributed by atoms with E-state index >= 15 is 0 Å². The molecule has 0 bridgehead atoms. The van der Waals surface area contributed by atoms with Crippen molar-refractivity contribution in [2.24, 2.45) is 5.92 Å². The number of nitrogens with zero attached hydrogens (tertiary/aromatic N) is 1. The van der Waals surface area contributed by atoms with Crippen LogP contribution in [0.4, 0.5) is 5.69 Å². The molecular formula is C20H23ClN4O5. The fraction of sp³-hybridized carbons (Fsp3) is 0.350. The molecule has 10 heteroatoms. The average Bonchev–Trinajstić information content (AvgIpc) is 2.64. The number of halogens is 1. The second-order valence-corrected chi connectivity index (χ2v) is 7.68. The standard InChI is InChI=1S/C20H23ClN4O5/c1-10(2)17(20(28)22-9-15-11(3)7-12(4)23-19(15)27)24-18(26)14-6-5-13(25(29)30)8-16(14)21/h5-8,10,17H,9H2,1-4H3,(H,22,28)(H,23,27)(H,24,26)/t17-/m0/s1. The first-order valence-corrected chi connectivity index (χ1v) is 9.61. The lowest BCUT2D eigenvalue weighted by Gasteiger charge is -2.22. The maximum absolute atomic E-state index is 12.7. The first-order chi connectivity index (χ1) is 14.0. The molecule has 9 nitrogen and oxygen atoms in total. The van der Waals surface area contributed by atoms with E-state index in [9.17, 15) is 24.5 Å². The van der Waals surface area contributed by atoms with Crippen LogP contribution in [0.2, 0.25) is 5.02 Å². The molecule has 1 atom stereocenters. The highest BCUT2D eigenvalue weighted by Gasteiger charge is 2.26. The first-order valence-electron chi connectivity index (χ1n) is 9.23. The summed E-state index contributed by atoms with van der Waals surface area (Å²) in [6.45, 7) is 7.07. The summed E-state index contributed by atoms with van der Waals surface area (Å²) >= 11 is 6.00. The van der Waals surface area contributed by atoms with Gasteiger partial charge in [-0.2, -0.15) is 0 Å². The Hall–Kier alpha value is -3.20. The molecule has 3 N–H and O–H groups in total. The Morgan fingerprint density at radius 3 is 2.43 bits per heavy atom. The molecule has 0 aliphatic rings. The van der Waals surface area contributed by atoms with Gasteiger partial charge in [0.05, 0.1) is 15.5 Å². The summed E-state index contributed by atoms with van der Waals surface area (Å²) in [4.78, 5) is 50.3. The van der Waals surface area contributed by atoms with Gasteiger partial charge >= 0.3 is 0 Å². The molecule has 0 saturated heterocycles. The molecule has 1 heterocycles. The van der Waals surface area contributed by atoms with Gasteiger partial charge in [-0.15, -0.1) is 0 Å². The number of rotatable bonds is 7. The normalized spacial score (nSPS) is 11.8. The summed E-state index contributed by atoms with van der Waals surface area (Å²) in [6, 6.07) is 4.39. The van der Waals surface area contributed by atoms with Crippen molar-refractivity contribution in [3.8, 4) is 0 Å². The van der Waals surface area contributed by atoms with Crippen LogP contribution in [0.1, 0.15) is 41.0 Å². The molecule has 0 radical (unpaired) electrons. The lowest BCUT2D eigenvalue weighted by atomic mass is 10.0. The zero-order valence-corrected chi connectivity index (χ0v) is 17.8. The van der Waals surface area contributed by atoms with Gasteiger partial charge in [0, 0.05) is 29.9 Å². The molecule has 0 saturated carbocycles. The molecule has 0 unspecified atom stereocenters. The van der Waals surface area contributed by atoms with Gasteiger partial charge in [-0.3, -0.25) is 24.5 Å². The number of H-pyrrole nitrogens is 1. The first kappa shape index (κ1) is 23.1. The summed E-state index contributed by atoms with van der Waals surface area (Å²) in [7, 11) is 0. The van der Waals surface area contributed by atoms with E-state index in [0.29, 0.717) is 5.56 Å². The van der Waals surface area contributed by atoms with Crippen molar-refractivity contribution < 1.29 is 14.5 Å². The molecule has 2 amide bonds. The van der Waals surface area contributed by atoms with E-state index < -0.39 is 22.8 Å². The number of aromatic amines is 1. The van der Waals surface area contributed by atoms with Gasteiger partial charge in [-0.1, -0.05) is 25.4 Å². The van der Waals surface area contributed by atoms with E-state index in [4.69, 9.17) is 11.6 Å². The average molecular weight is 435 g/mol. The van der Waals surface area contributed by atoms with Crippen LogP contribution in [0.3, 0.4) is 0 Å². The smallest absolute Gasteiger partial charge is 0.270 e. The topological polar surface area (TPSA) is 134 Å². The third-order valence-electron chi connectivity index (χ3n) is 4.58. The van der Waals surface area contributed by atoms with E-state index in [1.165, 1.54) is 6.07 Å². The Morgan fingerprint density at radius 2 is 1.90 bits per heavy atom. The van der Waals surface area contributed by atoms with Crippen molar-refractivity contribution in [3.05, 3.63) is 72.1 Å². The molecule has 2 aromatic rings. The SMILES string of the molecule is Cc1cc(C)c(CNC(=O)[C@@H](NC(=O)c2ccc([N+](=O)[O-])cc2Cl)C(C)C)c(=O)[nH]1. The van der Waals surface area contributed by atoms with Crippen LogP contribution in [0.5, 0.6) is 0 Å². The maximum atomic E-state index is 12.7. The number of carbonyl (C=O) groups excluding carboxylic acids is 2. The van der Waals surface area contributed by atoms with E-state index in [0.717, 1.165) is 23.4 Å². The molecular weight excluding hydrogens is 412 g/mol. The lowest BCUT2D eigenvalue weighted by Crippen LogP contribution is -2.49.